The van der Waals surface area contributed by atoms with Crippen molar-refractivity contribution in [2.75, 3.05) is 25.6 Å². The molecule has 0 bridgehead atoms. The second-order valence-electron chi connectivity index (χ2n) is 14.5. The van der Waals surface area contributed by atoms with Gasteiger partial charge in [0, 0.05) is 30.4 Å². The molecule has 50 heavy (non-hydrogen) atoms. The number of amides is 4. The highest BCUT2D eigenvalue weighted by Crippen LogP contribution is 2.34. The Labute approximate surface area is 299 Å². The summed E-state index contributed by atoms with van der Waals surface area (Å²) in [7, 11) is 2.72. The highest BCUT2D eigenvalue weighted by Gasteiger charge is 2.45. The van der Waals surface area contributed by atoms with Crippen LogP contribution in [0.3, 0.4) is 0 Å². The maximum absolute atomic E-state index is 14.9. The number of aryl methyl sites for hydroxylation is 1. The van der Waals surface area contributed by atoms with Gasteiger partial charge in [0.25, 0.3) is 0 Å². The molecule has 1 aliphatic heterocycles. The van der Waals surface area contributed by atoms with Gasteiger partial charge in [-0.15, -0.1) is 11.8 Å². The van der Waals surface area contributed by atoms with Crippen LogP contribution < -0.4 is 16.4 Å². The van der Waals surface area contributed by atoms with Crippen LogP contribution >= 0.6 is 11.8 Å². The van der Waals surface area contributed by atoms with Gasteiger partial charge in [-0.05, 0) is 95.2 Å². The number of thioether (sulfide) groups is 1. The molecule has 0 spiro atoms. The molecule has 12 nitrogen and oxygen atoms in total. The van der Waals surface area contributed by atoms with E-state index in [4.69, 9.17) is 15.2 Å². The van der Waals surface area contributed by atoms with E-state index in [1.54, 1.807) is 46.8 Å². The number of nitrogens with two attached hydrogens (primary N) is 1. The minimum absolute atomic E-state index is 0.0794. The van der Waals surface area contributed by atoms with Gasteiger partial charge in [0.05, 0.1) is 18.9 Å². The highest BCUT2D eigenvalue weighted by atomic mass is 32.2. The van der Waals surface area contributed by atoms with Gasteiger partial charge in [-0.2, -0.15) is 0 Å². The first kappa shape index (κ1) is 38.5. The fourth-order valence-electron chi connectivity index (χ4n) is 6.26. The summed E-state index contributed by atoms with van der Waals surface area (Å²) in [5.74, 6) is -1.99. The first-order chi connectivity index (χ1) is 23.4. The normalized spacial score (nSPS) is 18.4. The zero-order valence-electron chi connectivity index (χ0n) is 30.3. The van der Waals surface area contributed by atoms with Gasteiger partial charge in [0.1, 0.15) is 23.7 Å². The monoisotopic (exact) mass is 709 g/mol. The molecule has 0 saturated heterocycles. The van der Waals surface area contributed by atoms with Crippen molar-refractivity contribution in [2.24, 2.45) is 0 Å². The Morgan fingerprint density at radius 3 is 2.42 bits per heavy atom. The van der Waals surface area contributed by atoms with Crippen molar-refractivity contribution in [3.05, 3.63) is 64.7 Å². The number of methoxy groups -OCH3 is 1. The summed E-state index contributed by atoms with van der Waals surface area (Å²) in [6, 6.07) is 10.2. The van der Waals surface area contributed by atoms with Gasteiger partial charge < -0.3 is 30.7 Å². The number of rotatable bonds is 10. The van der Waals surface area contributed by atoms with E-state index in [1.165, 1.54) is 31.5 Å². The van der Waals surface area contributed by atoms with Gasteiger partial charge in [0.2, 0.25) is 17.7 Å². The van der Waals surface area contributed by atoms with Gasteiger partial charge in [0.15, 0.2) is 0 Å². The van der Waals surface area contributed by atoms with Gasteiger partial charge in [-0.3, -0.25) is 24.1 Å². The molecule has 2 unspecified atom stereocenters. The maximum atomic E-state index is 14.9. The molecule has 2 aromatic rings. The molecular weight excluding hydrogens is 659 g/mol. The van der Waals surface area contributed by atoms with E-state index in [1.807, 2.05) is 24.3 Å². The maximum Gasteiger partial charge on any atom is 0.410 e. The molecule has 4 atom stereocenters. The third-order valence-corrected chi connectivity index (χ3v) is 10.7. The number of ether oxygens (including phenoxy) is 2. The summed E-state index contributed by atoms with van der Waals surface area (Å²) >= 11 is 1.14. The molecule has 4 rings (SSSR count). The van der Waals surface area contributed by atoms with Gasteiger partial charge in [-0.25, -0.2) is 4.79 Å². The Kier molecular flexibility index (Phi) is 12.1. The number of nitrogens with zero attached hydrogens (tertiary/aromatic N) is 2. The lowest BCUT2D eigenvalue weighted by atomic mass is 9.87. The quantitative estimate of drug-likeness (QED) is 0.243. The van der Waals surface area contributed by atoms with Crippen LogP contribution in [0.1, 0.15) is 82.7 Å². The predicted molar refractivity (Wildman–Crippen MR) is 193 cm³/mol. The molecule has 2 aliphatic rings. The number of carbonyl (C=O) groups is 5. The highest BCUT2D eigenvalue weighted by molar-refractivity contribution is 8.01. The Morgan fingerprint density at radius 2 is 1.74 bits per heavy atom. The van der Waals surface area contributed by atoms with E-state index in [0.717, 1.165) is 52.6 Å². The van der Waals surface area contributed by atoms with Crippen LogP contribution in [0.4, 0.5) is 10.5 Å². The summed E-state index contributed by atoms with van der Waals surface area (Å²) in [5.41, 5.74) is 9.85. The number of carbonyl (C=O) groups excluding carboxylic acids is 5. The number of nitrogens with one attached hydrogen (secondary N) is 2. The number of hydrogen-bond acceptors (Lipinski definition) is 9. The lowest BCUT2D eigenvalue weighted by Gasteiger charge is -2.42. The van der Waals surface area contributed by atoms with E-state index in [2.05, 4.69) is 16.7 Å². The molecule has 0 aromatic heterocycles. The smallest absolute Gasteiger partial charge is 0.410 e. The van der Waals surface area contributed by atoms with Crippen LogP contribution in [-0.2, 0) is 48.0 Å². The zero-order chi connectivity index (χ0) is 37.0. The Bertz CT molecular complexity index is 1610. The first-order valence-electron chi connectivity index (χ1n) is 16.9. The Balaban J connectivity index is 1.68. The number of hydrogen-bond donors (Lipinski definition) is 3. The lowest BCUT2D eigenvalue weighted by molar-refractivity contribution is -0.146. The number of nitrogen functional groups attached to an aromatic ring is 1. The predicted octanol–water partition coefficient (Wildman–Crippen LogP) is 4.14. The molecule has 2 aromatic carbocycles. The number of likely N-dealkylation sites (N-methyl/N-ethyl adjacent to an activating group) is 1. The van der Waals surface area contributed by atoms with Gasteiger partial charge >= 0.3 is 12.1 Å². The number of benzene rings is 2. The topological polar surface area (TPSA) is 160 Å². The van der Waals surface area contributed by atoms with Crippen molar-refractivity contribution in [1.82, 2.24) is 20.4 Å². The first-order valence-corrected chi connectivity index (χ1v) is 17.9. The van der Waals surface area contributed by atoms with E-state index in [9.17, 15) is 24.0 Å². The number of anilines is 1. The van der Waals surface area contributed by atoms with Crippen molar-refractivity contribution >= 4 is 47.2 Å². The average Bonchev–Trinajstić information content (AvgIpc) is 3.07. The summed E-state index contributed by atoms with van der Waals surface area (Å²) in [6.45, 7) is 10.3. The molecule has 0 fully saturated rings. The largest absolute Gasteiger partial charge is 0.468 e. The van der Waals surface area contributed by atoms with Crippen LogP contribution in [-0.4, -0.2) is 88.0 Å². The minimum Gasteiger partial charge on any atom is -0.468 e. The molecule has 13 heteroatoms. The van der Waals surface area contributed by atoms with Crippen molar-refractivity contribution in [3.8, 4) is 0 Å². The molecule has 4 amide bonds. The van der Waals surface area contributed by atoms with Crippen LogP contribution in [0.25, 0.3) is 0 Å². The third kappa shape index (κ3) is 9.29. The van der Waals surface area contributed by atoms with Crippen LogP contribution in [0, 0.1) is 0 Å². The SMILES string of the molecule is COC(=O)CSC(C)(C)C(NC(=O)C(C)N(C)C(=O)OC(C)(C)C)C(=O)N1Cc2cc(N)ccc2C[C@H]1C(=O)N[C@@H]1CCCc2ccccc21. The van der Waals surface area contributed by atoms with E-state index >= 15 is 0 Å². The summed E-state index contributed by atoms with van der Waals surface area (Å²) in [6.07, 6.45) is 2.18. The molecule has 1 aliphatic carbocycles. The molecule has 0 radical (unpaired) electrons. The summed E-state index contributed by atoms with van der Waals surface area (Å²) in [5, 5.41) is 6.11. The van der Waals surface area contributed by atoms with E-state index in [-0.39, 0.29) is 30.7 Å². The molecule has 272 valence electrons. The van der Waals surface area contributed by atoms with E-state index in [0.29, 0.717) is 5.69 Å². The zero-order valence-corrected chi connectivity index (χ0v) is 31.1. The lowest BCUT2D eigenvalue weighted by Crippen LogP contribution is -2.64. The fourth-order valence-corrected chi connectivity index (χ4v) is 7.19. The number of esters is 1. The molecular formula is C37H51N5O7S. The summed E-state index contributed by atoms with van der Waals surface area (Å²) in [4.78, 5) is 70.6. The molecule has 4 N–H and O–H groups in total. The Morgan fingerprint density at radius 1 is 1.04 bits per heavy atom. The standard InChI is InChI=1S/C37H51N5O7S/c1-22(41(7)35(47)49-36(2,3)4)32(44)40-31(37(5,6)50-21-30(43)48-8)34(46)42-20-25-18-26(38)17-16-24(25)19-29(42)33(45)39-28-15-11-13-23-12-9-10-14-27(23)28/h9-10,12,14,16-18,22,28-29,31H,11,13,15,19-21,38H2,1-8H3,(H,39,45)(H,40,44)/t22?,28-,29+,31?/m1/s1. The molecule has 0 saturated carbocycles. The third-order valence-electron chi connectivity index (χ3n) is 9.29. The van der Waals surface area contributed by atoms with Crippen LogP contribution in [0.15, 0.2) is 42.5 Å². The minimum atomic E-state index is -1.22. The molecule has 1 heterocycles. The number of fused-ring (bicyclic) bond motifs is 2. The van der Waals surface area contributed by atoms with Crippen molar-refractivity contribution in [1.29, 1.82) is 0 Å². The van der Waals surface area contributed by atoms with Crippen molar-refractivity contribution < 1.29 is 33.4 Å². The fraction of sp³-hybridized carbons (Fsp3) is 0.541. The van der Waals surface area contributed by atoms with Gasteiger partial charge in [-0.1, -0.05) is 30.3 Å². The van der Waals surface area contributed by atoms with Crippen LogP contribution in [0.5, 0.6) is 0 Å². The summed E-state index contributed by atoms with van der Waals surface area (Å²) < 4.78 is 9.24. The average molecular weight is 710 g/mol. The van der Waals surface area contributed by atoms with E-state index < -0.39 is 52.4 Å². The second kappa shape index (κ2) is 15.7. The second-order valence-corrected chi connectivity index (χ2v) is 16.2. The van der Waals surface area contributed by atoms with Crippen LogP contribution in [0.2, 0.25) is 0 Å². The Hall–Kier alpha value is -4.26. The van der Waals surface area contributed by atoms with Crippen molar-refractivity contribution in [2.45, 2.75) is 108 Å². The van der Waals surface area contributed by atoms with Crippen molar-refractivity contribution in [3.63, 3.8) is 0 Å².